The predicted molar refractivity (Wildman–Crippen MR) is 60.8 cm³/mol. The average Bonchev–Trinajstić information content (AvgIpc) is 2.39. The molecule has 1 heterocycles. The van der Waals surface area contributed by atoms with Crippen molar-refractivity contribution >= 4 is 11.7 Å². The Bertz CT molecular complexity index is 416. The van der Waals surface area contributed by atoms with Crippen LogP contribution in [0.1, 0.15) is 10.4 Å². The lowest BCUT2D eigenvalue weighted by Gasteiger charge is -2.29. The number of methoxy groups -OCH3 is 1. The van der Waals surface area contributed by atoms with E-state index >= 15 is 0 Å². The van der Waals surface area contributed by atoms with Gasteiger partial charge in [0.05, 0.1) is 25.9 Å². The van der Waals surface area contributed by atoms with Crippen LogP contribution in [0.5, 0.6) is 0 Å². The first-order valence-corrected chi connectivity index (χ1v) is 5.43. The summed E-state index contributed by atoms with van der Waals surface area (Å²) >= 11 is 0. The molecule has 0 saturated carbocycles. The smallest absolute Gasteiger partial charge is 0.340 e. The lowest BCUT2D eigenvalue weighted by molar-refractivity contribution is 0.0595. The van der Waals surface area contributed by atoms with Crippen LogP contribution in [-0.4, -0.2) is 39.4 Å². The second kappa shape index (κ2) is 5.14. The standard InChI is InChI=1S/C12H14FNO3/c1-16-12(15)10-8-9(2-3-11(10)13)14-4-6-17-7-5-14/h2-3,8H,4-7H2,1H3. The zero-order valence-corrected chi connectivity index (χ0v) is 9.61. The monoisotopic (exact) mass is 239 g/mol. The van der Waals surface area contributed by atoms with Gasteiger partial charge in [0.2, 0.25) is 0 Å². The minimum atomic E-state index is -0.655. The summed E-state index contributed by atoms with van der Waals surface area (Å²) in [5.41, 5.74) is 0.784. The molecule has 0 amide bonds. The van der Waals surface area contributed by atoms with Gasteiger partial charge in [0, 0.05) is 18.8 Å². The van der Waals surface area contributed by atoms with E-state index in [1.54, 1.807) is 6.07 Å². The number of halogens is 1. The molecule has 0 bridgehead atoms. The summed E-state index contributed by atoms with van der Waals surface area (Å²) < 4.78 is 23.2. The first-order valence-electron chi connectivity index (χ1n) is 5.43. The van der Waals surface area contributed by atoms with Crippen molar-refractivity contribution in [3.8, 4) is 0 Å². The minimum Gasteiger partial charge on any atom is -0.465 e. The fraction of sp³-hybridized carbons (Fsp3) is 0.417. The molecule has 1 saturated heterocycles. The maximum Gasteiger partial charge on any atom is 0.340 e. The lowest BCUT2D eigenvalue weighted by atomic mass is 10.1. The number of carbonyl (C=O) groups is 1. The van der Waals surface area contributed by atoms with Crippen LogP contribution in [0.2, 0.25) is 0 Å². The van der Waals surface area contributed by atoms with E-state index in [4.69, 9.17) is 4.74 Å². The third kappa shape index (κ3) is 2.55. The van der Waals surface area contributed by atoms with Gasteiger partial charge in [-0.25, -0.2) is 9.18 Å². The van der Waals surface area contributed by atoms with E-state index in [1.165, 1.54) is 19.2 Å². The molecular weight excluding hydrogens is 225 g/mol. The molecule has 0 unspecified atom stereocenters. The molecule has 1 aromatic rings. The largest absolute Gasteiger partial charge is 0.465 e. The first-order chi connectivity index (χ1) is 8.22. The fourth-order valence-electron chi connectivity index (χ4n) is 1.80. The van der Waals surface area contributed by atoms with E-state index in [0.717, 1.165) is 18.8 Å². The number of hydrogen-bond donors (Lipinski definition) is 0. The van der Waals surface area contributed by atoms with Crippen LogP contribution >= 0.6 is 0 Å². The van der Waals surface area contributed by atoms with E-state index in [2.05, 4.69) is 9.64 Å². The highest BCUT2D eigenvalue weighted by Gasteiger charge is 2.16. The Kier molecular flexibility index (Phi) is 3.58. The van der Waals surface area contributed by atoms with Gasteiger partial charge < -0.3 is 14.4 Å². The van der Waals surface area contributed by atoms with E-state index in [-0.39, 0.29) is 5.56 Å². The molecule has 1 aromatic carbocycles. The van der Waals surface area contributed by atoms with Gasteiger partial charge in [-0.05, 0) is 18.2 Å². The summed E-state index contributed by atoms with van der Waals surface area (Å²) in [7, 11) is 1.24. The van der Waals surface area contributed by atoms with Crippen molar-refractivity contribution in [3.63, 3.8) is 0 Å². The SMILES string of the molecule is COC(=O)c1cc(N2CCOCC2)ccc1F. The average molecular weight is 239 g/mol. The second-order valence-electron chi connectivity index (χ2n) is 3.76. The fourth-order valence-corrected chi connectivity index (χ4v) is 1.80. The van der Waals surface area contributed by atoms with Gasteiger partial charge in [-0.1, -0.05) is 0 Å². The van der Waals surface area contributed by atoms with E-state index < -0.39 is 11.8 Å². The molecule has 1 fully saturated rings. The molecule has 4 nitrogen and oxygen atoms in total. The first kappa shape index (κ1) is 11.9. The molecule has 5 heteroatoms. The number of esters is 1. The molecule has 0 spiro atoms. The maximum atomic E-state index is 13.4. The van der Waals surface area contributed by atoms with Crippen molar-refractivity contribution in [2.45, 2.75) is 0 Å². The van der Waals surface area contributed by atoms with E-state index in [9.17, 15) is 9.18 Å². The predicted octanol–water partition coefficient (Wildman–Crippen LogP) is 1.45. The number of nitrogens with zero attached hydrogens (tertiary/aromatic N) is 1. The molecule has 0 atom stereocenters. The number of morpholine rings is 1. The number of ether oxygens (including phenoxy) is 2. The molecule has 1 aliphatic rings. The number of hydrogen-bond acceptors (Lipinski definition) is 4. The minimum absolute atomic E-state index is 0.0310. The molecular formula is C12H14FNO3. The van der Waals surface area contributed by atoms with Gasteiger partial charge in [0.25, 0.3) is 0 Å². The Morgan fingerprint density at radius 1 is 1.41 bits per heavy atom. The summed E-state index contributed by atoms with van der Waals surface area (Å²) in [6, 6.07) is 4.47. The number of anilines is 1. The van der Waals surface area contributed by atoms with Gasteiger partial charge in [-0.15, -0.1) is 0 Å². The third-order valence-corrected chi connectivity index (χ3v) is 2.73. The van der Waals surface area contributed by atoms with Crippen molar-refractivity contribution in [2.75, 3.05) is 38.3 Å². The Labute approximate surface area is 98.9 Å². The summed E-state index contributed by atoms with van der Waals surface area (Å²) in [4.78, 5) is 13.4. The number of carbonyl (C=O) groups excluding carboxylic acids is 1. The van der Waals surface area contributed by atoms with Gasteiger partial charge in [0.1, 0.15) is 5.82 Å². The third-order valence-electron chi connectivity index (χ3n) is 2.73. The van der Waals surface area contributed by atoms with Crippen molar-refractivity contribution in [1.29, 1.82) is 0 Å². The number of rotatable bonds is 2. The summed E-state index contributed by atoms with van der Waals surface area (Å²) in [6.07, 6.45) is 0. The second-order valence-corrected chi connectivity index (χ2v) is 3.76. The lowest BCUT2D eigenvalue weighted by Crippen LogP contribution is -2.36. The van der Waals surface area contributed by atoms with Gasteiger partial charge in [-0.2, -0.15) is 0 Å². The zero-order valence-electron chi connectivity index (χ0n) is 9.61. The van der Waals surface area contributed by atoms with Gasteiger partial charge in [-0.3, -0.25) is 0 Å². The zero-order chi connectivity index (χ0) is 12.3. The Morgan fingerprint density at radius 3 is 2.76 bits per heavy atom. The highest BCUT2D eigenvalue weighted by molar-refractivity contribution is 5.90. The Balaban J connectivity index is 2.26. The van der Waals surface area contributed by atoms with Crippen molar-refractivity contribution < 1.29 is 18.7 Å². The molecule has 0 N–H and O–H groups in total. The summed E-state index contributed by atoms with van der Waals surface area (Å²) in [5.74, 6) is -1.22. The van der Waals surface area contributed by atoms with Gasteiger partial charge in [0.15, 0.2) is 0 Å². The molecule has 2 rings (SSSR count). The normalized spacial score (nSPS) is 15.8. The highest BCUT2D eigenvalue weighted by atomic mass is 19.1. The van der Waals surface area contributed by atoms with E-state index in [0.29, 0.717) is 13.2 Å². The van der Waals surface area contributed by atoms with Crippen LogP contribution in [0, 0.1) is 5.82 Å². The van der Waals surface area contributed by atoms with E-state index in [1.807, 2.05) is 0 Å². The van der Waals surface area contributed by atoms with Crippen LogP contribution in [0.15, 0.2) is 18.2 Å². The Hall–Kier alpha value is -1.62. The molecule has 92 valence electrons. The molecule has 17 heavy (non-hydrogen) atoms. The summed E-state index contributed by atoms with van der Waals surface area (Å²) in [6.45, 7) is 2.77. The van der Waals surface area contributed by atoms with Gasteiger partial charge >= 0.3 is 5.97 Å². The van der Waals surface area contributed by atoms with Crippen LogP contribution in [-0.2, 0) is 9.47 Å². The van der Waals surface area contributed by atoms with Crippen molar-refractivity contribution in [1.82, 2.24) is 0 Å². The summed E-state index contributed by atoms with van der Waals surface area (Å²) in [5, 5.41) is 0. The molecule has 0 aliphatic carbocycles. The topological polar surface area (TPSA) is 38.8 Å². The van der Waals surface area contributed by atoms with Crippen molar-refractivity contribution in [3.05, 3.63) is 29.6 Å². The van der Waals surface area contributed by atoms with Crippen LogP contribution in [0.4, 0.5) is 10.1 Å². The van der Waals surface area contributed by atoms with Crippen LogP contribution < -0.4 is 4.90 Å². The van der Waals surface area contributed by atoms with Crippen LogP contribution in [0.3, 0.4) is 0 Å². The quantitative estimate of drug-likeness (QED) is 0.732. The van der Waals surface area contributed by atoms with Crippen molar-refractivity contribution in [2.24, 2.45) is 0 Å². The molecule has 0 aromatic heterocycles. The number of benzene rings is 1. The van der Waals surface area contributed by atoms with Crippen LogP contribution in [0.25, 0.3) is 0 Å². The molecule has 1 aliphatic heterocycles. The molecule has 0 radical (unpaired) electrons. The highest BCUT2D eigenvalue weighted by Crippen LogP contribution is 2.20. The maximum absolute atomic E-state index is 13.4. The Morgan fingerprint density at radius 2 is 2.12 bits per heavy atom.